The number of carbonyl (C=O) groups excluding carboxylic acids is 1. The van der Waals surface area contributed by atoms with Crippen LogP contribution in [0.4, 0.5) is 13.2 Å². The molecule has 1 saturated heterocycles. The molecule has 1 N–H and O–H groups in total. The van der Waals surface area contributed by atoms with E-state index in [9.17, 15) is 18.0 Å². The summed E-state index contributed by atoms with van der Waals surface area (Å²) in [7, 11) is 0. The summed E-state index contributed by atoms with van der Waals surface area (Å²) in [4.78, 5) is 13.7. The number of ether oxygens (including phenoxy) is 1. The van der Waals surface area contributed by atoms with Crippen molar-refractivity contribution in [1.82, 2.24) is 10.2 Å². The topological polar surface area (TPSA) is 41.6 Å². The van der Waals surface area contributed by atoms with Crippen molar-refractivity contribution in [1.29, 1.82) is 0 Å². The predicted molar refractivity (Wildman–Crippen MR) is 89.4 cm³/mol. The smallest absolute Gasteiger partial charge is 0.390 e. The molecule has 0 saturated carbocycles. The maximum Gasteiger partial charge on any atom is 0.390 e. The van der Waals surface area contributed by atoms with Crippen LogP contribution >= 0.6 is 0 Å². The summed E-state index contributed by atoms with van der Waals surface area (Å²) in [5, 5.41) is 2.89. The molecule has 1 aliphatic heterocycles. The van der Waals surface area contributed by atoms with Gasteiger partial charge in [0.25, 0.3) is 0 Å². The number of rotatable bonds is 8. The summed E-state index contributed by atoms with van der Waals surface area (Å²) in [6.45, 7) is 2.30. The minimum Gasteiger partial charge on any atom is -0.493 e. The summed E-state index contributed by atoms with van der Waals surface area (Å²) < 4.78 is 42.1. The first-order valence-electron chi connectivity index (χ1n) is 8.66. The molecule has 2 rings (SSSR count). The van der Waals surface area contributed by atoms with Crippen LogP contribution in [-0.2, 0) is 4.79 Å². The van der Waals surface area contributed by atoms with Crippen LogP contribution in [0.1, 0.15) is 25.7 Å². The van der Waals surface area contributed by atoms with Crippen molar-refractivity contribution < 1.29 is 22.7 Å². The van der Waals surface area contributed by atoms with E-state index in [0.29, 0.717) is 38.6 Å². The number of para-hydroxylation sites is 1. The molecule has 1 aromatic rings. The highest BCUT2D eigenvalue weighted by Gasteiger charge is 2.29. The van der Waals surface area contributed by atoms with Gasteiger partial charge in [-0.1, -0.05) is 18.2 Å². The van der Waals surface area contributed by atoms with Crippen LogP contribution < -0.4 is 10.1 Å². The number of amides is 1. The van der Waals surface area contributed by atoms with Crippen LogP contribution in [0, 0.1) is 5.92 Å². The lowest BCUT2D eigenvalue weighted by Crippen LogP contribution is -2.40. The number of nitrogens with one attached hydrogen (secondary N) is 1. The molecule has 4 nitrogen and oxygen atoms in total. The van der Waals surface area contributed by atoms with E-state index in [1.807, 2.05) is 35.2 Å². The fraction of sp³-hybridized carbons (Fsp3) is 0.611. The molecule has 0 bridgehead atoms. The Kier molecular flexibility index (Phi) is 7.55. The number of hydrogen-bond donors (Lipinski definition) is 1. The van der Waals surface area contributed by atoms with Crippen molar-refractivity contribution in [2.75, 3.05) is 32.8 Å². The minimum atomic E-state index is -4.09. The second-order valence-electron chi connectivity index (χ2n) is 6.37. The summed E-state index contributed by atoms with van der Waals surface area (Å²) in [5.41, 5.74) is 0. The molecule has 0 aromatic heterocycles. The van der Waals surface area contributed by atoms with Crippen LogP contribution in [0.15, 0.2) is 30.3 Å². The van der Waals surface area contributed by atoms with E-state index in [0.717, 1.165) is 18.6 Å². The van der Waals surface area contributed by atoms with Gasteiger partial charge in [0, 0.05) is 13.1 Å². The highest BCUT2D eigenvalue weighted by molar-refractivity contribution is 5.75. The maximum absolute atomic E-state index is 12.2. The molecule has 140 valence electrons. The Bertz CT molecular complexity index is 515. The molecule has 25 heavy (non-hydrogen) atoms. The number of hydrogen-bond acceptors (Lipinski definition) is 3. The van der Waals surface area contributed by atoms with Gasteiger partial charge in [0.1, 0.15) is 5.75 Å². The number of benzene rings is 1. The molecule has 1 aliphatic rings. The zero-order chi connectivity index (χ0) is 18.1. The number of alkyl halides is 3. The number of likely N-dealkylation sites (tertiary alicyclic amines) is 1. The minimum absolute atomic E-state index is 0.0598. The van der Waals surface area contributed by atoms with E-state index in [4.69, 9.17) is 4.74 Å². The van der Waals surface area contributed by atoms with Crippen molar-refractivity contribution in [3.05, 3.63) is 30.3 Å². The lowest BCUT2D eigenvalue weighted by atomic mass is 9.96. The van der Waals surface area contributed by atoms with Gasteiger partial charge < -0.3 is 15.0 Å². The molecular weight excluding hydrogens is 333 g/mol. The molecule has 0 radical (unpaired) electrons. The highest BCUT2D eigenvalue weighted by atomic mass is 19.4. The van der Waals surface area contributed by atoms with Crippen molar-refractivity contribution in [3.8, 4) is 5.75 Å². The van der Waals surface area contributed by atoms with Gasteiger partial charge in [0.2, 0.25) is 5.91 Å². The molecule has 1 fully saturated rings. The Labute approximate surface area is 146 Å². The van der Waals surface area contributed by atoms with E-state index in [2.05, 4.69) is 5.32 Å². The van der Waals surface area contributed by atoms with E-state index >= 15 is 0 Å². The first-order chi connectivity index (χ1) is 11.9. The van der Waals surface area contributed by atoms with Crippen molar-refractivity contribution in [3.63, 3.8) is 0 Å². The van der Waals surface area contributed by atoms with Crippen LogP contribution in [0.5, 0.6) is 5.75 Å². The van der Waals surface area contributed by atoms with Gasteiger partial charge in [-0.2, -0.15) is 13.2 Å². The lowest BCUT2D eigenvalue weighted by Gasteiger charge is -2.32. The third-order valence-corrected chi connectivity index (χ3v) is 4.35. The van der Waals surface area contributed by atoms with Crippen LogP contribution in [-0.4, -0.2) is 49.8 Å². The Morgan fingerprint density at radius 1 is 1.20 bits per heavy atom. The van der Waals surface area contributed by atoms with Gasteiger partial charge in [-0.3, -0.25) is 4.79 Å². The monoisotopic (exact) mass is 358 g/mol. The molecule has 7 heteroatoms. The number of nitrogens with zero attached hydrogens (tertiary/aromatic N) is 1. The summed E-state index contributed by atoms with van der Waals surface area (Å²) >= 11 is 0. The van der Waals surface area contributed by atoms with Crippen molar-refractivity contribution >= 4 is 5.91 Å². The second-order valence-corrected chi connectivity index (χ2v) is 6.37. The fourth-order valence-electron chi connectivity index (χ4n) is 2.82. The average molecular weight is 358 g/mol. The Morgan fingerprint density at radius 2 is 1.88 bits per heavy atom. The number of halogens is 3. The zero-order valence-electron chi connectivity index (χ0n) is 14.2. The van der Waals surface area contributed by atoms with E-state index in [1.165, 1.54) is 0 Å². The Morgan fingerprint density at radius 3 is 2.52 bits per heavy atom. The van der Waals surface area contributed by atoms with Gasteiger partial charge >= 0.3 is 6.18 Å². The maximum atomic E-state index is 12.2. The lowest BCUT2D eigenvalue weighted by molar-refractivity contribution is -0.138. The van der Waals surface area contributed by atoms with Gasteiger partial charge in [0.05, 0.1) is 19.4 Å². The standard InChI is InChI=1S/C18H25F3N2O2/c19-18(20,21)9-12-23-10-6-15(7-11-23)14-22-17(24)8-13-25-16-4-2-1-3-5-16/h1-5,15H,6-14H2,(H,22,24). The molecule has 0 spiro atoms. The normalized spacial score (nSPS) is 16.6. The summed E-state index contributed by atoms with van der Waals surface area (Å²) in [5.74, 6) is 1.01. The first kappa shape index (κ1) is 19.6. The molecule has 0 aliphatic carbocycles. The third kappa shape index (κ3) is 8.25. The van der Waals surface area contributed by atoms with Gasteiger partial charge in [-0.05, 0) is 44.0 Å². The molecule has 1 amide bonds. The predicted octanol–water partition coefficient (Wildman–Crippen LogP) is 3.24. The van der Waals surface area contributed by atoms with Gasteiger partial charge in [0.15, 0.2) is 0 Å². The summed E-state index contributed by atoms with van der Waals surface area (Å²) in [6, 6.07) is 9.32. The largest absolute Gasteiger partial charge is 0.493 e. The number of piperidine rings is 1. The SMILES string of the molecule is O=C(CCOc1ccccc1)NCC1CCN(CCC(F)(F)F)CC1. The van der Waals surface area contributed by atoms with E-state index < -0.39 is 12.6 Å². The van der Waals surface area contributed by atoms with Crippen molar-refractivity contribution in [2.24, 2.45) is 5.92 Å². The van der Waals surface area contributed by atoms with E-state index in [-0.39, 0.29) is 12.5 Å². The molecule has 0 atom stereocenters. The van der Waals surface area contributed by atoms with Crippen LogP contribution in [0.2, 0.25) is 0 Å². The van der Waals surface area contributed by atoms with E-state index in [1.54, 1.807) is 0 Å². The molecular formula is C18H25F3N2O2. The van der Waals surface area contributed by atoms with Crippen molar-refractivity contribution in [2.45, 2.75) is 31.9 Å². The Hall–Kier alpha value is -1.76. The van der Waals surface area contributed by atoms with Crippen LogP contribution in [0.3, 0.4) is 0 Å². The Balaban J connectivity index is 1.54. The zero-order valence-corrected chi connectivity index (χ0v) is 14.2. The molecule has 1 heterocycles. The van der Waals surface area contributed by atoms with Gasteiger partial charge in [-0.15, -0.1) is 0 Å². The third-order valence-electron chi connectivity index (χ3n) is 4.35. The second kappa shape index (κ2) is 9.65. The quantitative estimate of drug-likeness (QED) is 0.776. The fourth-order valence-corrected chi connectivity index (χ4v) is 2.82. The summed E-state index contributed by atoms with van der Waals surface area (Å²) in [6.07, 6.45) is -2.92. The first-order valence-corrected chi connectivity index (χ1v) is 8.66. The highest BCUT2D eigenvalue weighted by Crippen LogP contribution is 2.22. The van der Waals surface area contributed by atoms with Crippen LogP contribution in [0.25, 0.3) is 0 Å². The number of carbonyl (C=O) groups is 1. The van der Waals surface area contributed by atoms with Gasteiger partial charge in [-0.25, -0.2) is 0 Å². The molecule has 1 aromatic carbocycles. The average Bonchev–Trinajstić information content (AvgIpc) is 2.59. The molecule has 0 unspecified atom stereocenters.